The van der Waals surface area contributed by atoms with Crippen LogP contribution in [0.2, 0.25) is 0 Å². The van der Waals surface area contributed by atoms with Gasteiger partial charge in [-0.2, -0.15) is 0 Å². The van der Waals surface area contributed by atoms with E-state index in [1.165, 1.54) is 12.8 Å². The van der Waals surface area contributed by atoms with Gasteiger partial charge in [0.15, 0.2) is 0 Å². The average molecular weight is 214 g/mol. The Hall–Kier alpha value is -0.0800. The molecule has 0 aromatic carbocycles. The summed E-state index contributed by atoms with van der Waals surface area (Å²) >= 11 is 0. The van der Waals surface area contributed by atoms with Gasteiger partial charge in [-0.15, -0.1) is 0 Å². The molecule has 91 valence electrons. The Kier molecular flexibility index (Phi) is 8.07. The number of unbranched alkanes of at least 4 members (excludes halogenated alkanes) is 1. The summed E-state index contributed by atoms with van der Waals surface area (Å²) in [6.07, 6.45) is 4.70. The molecule has 0 N–H and O–H groups in total. The van der Waals surface area contributed by atoms with Crippen molar-refractivity contribution in [2.45, 2.75) is 60.3 Å². The highest BCUT2D eigenvalue weighted by Gasteiger charge is 2.14. The van der Waals surface area contributed by atoms with E-state index < -0.39 is 0 Å². The minimum atomic E-state index is 0.429. The molecule has 2 nitrogen and oxygen atoms in total. The predicted molar refractivity (Wildman–Crippen MR) is 65.7 cm³/mol. The molecular weight excluding hydrogens is 186 g/mol. The first-order valence-electron chi connectivity index (χ1n) is 6.24. The normalized spacial score (nSPS) is 14.2. The SMILES string of the molecule is CCCC[N]OCCC(C)CC(C)(C)C. The number of nitrogens with zero attached hydrogens (tertiary/aromatic N) is 1. The van der Waals surface area contributed by atoms with E-state index in [0.29, 0.717) is 5.41 Å². The Morgan fingerprint density at radius 2 is 1.93 bits per heavy atom. The first kappa shape index (κ1) is 14.9. The highest BCUT2D eigenvalue weighted by Crippen LogP contribution is 2.25. The summed E-state index contributed by atoms with van der Waals surface area (Å²) in [4.78, 5) is 5.25. The van der Waals surface area contributed by atoms with E-state index in [0.717, 1.165) is 31.9 Å². The van der Waals surface area contributed by atoms with Crippen LogP contribution in [0.15, 0.2) is 0 Å². The average Bonchev–Trinajstić information content (AvgIpc) is 2.08. The second kappa shape index (κ2) is 8.12. The highest BCUT2D eigenvalue weighted by atomic mass is 16.6. The van der Waals surface area contributed by atoms with Crippen LogP contribution >= 0.6 is 0 Å². The Balaban J connectivity index is 3.28. The van der Waals surface area contributed by atoms with Crippen molar-refractivity contribution in [3.63, 3.8) is 0 Å². The lowest BCUT2D eigenvalue weighted by molar-refractivity contribution is 0.0228. The lowest BCUT2D eigenvalue weighted by Crippen LogP contribution is -2.15. The lowest BCUT2D eigenvalue weighted by Gasteiger charge is -2.22. The molecular formula is C13H28NO. The van der Waals surface area contributed by atoms with E-state index in [4.69, 9.17) is 4.84 Å². The molecule has 2 heteroatoms. The van der Waals surface area contributed by atoms with E-state index in [-0.39, 0.29) is 0 Å². The number of hydrogen-bond acceptors (Lipinski definition) is 1. The van der Waals surface area contributed by atoms with Crippen LogP contribution in [0.25, 0.3) is 0 Å². The fourth-order valence-electron chi connectivity index (χ4n) is 1.75. The summed E-state index contributed by atoms with van der Waals surface area (Å²) in [5.74, 6) is 0.728. The van der Waals surface area contributed by atoms with Crippen molar-refractivity contribution in [1.82, 2.24) is 5.48 Å². The molecule has 0 heterocycles. The maximum Gasteiger partial charge on any atom is 0.0705 e. The molecule has 0 bridgehead atoms. The summed E-state index contributed by atoms with van der Waals surface area (Å²) in [5.41, 5.74) is 4.46. The second-order valence-electron chi connectivity index (χ2n) is 5.70. The largest absolute Gasteiger partial charge is 0.282 e. The van der Waals surface area contributed by atoms with Crippen molar-refractivity contribution in [1.29, 1.82) is 0 Å². The molecule has 0 aromatic rings. The smallest absolute Gasteiger partial charge is 0.0705 e. The molecule has 0 rings (SSSR count). The van der Waals surface area contributed by atoms with E-state index in [9.17, 15) is 0 Å². The Morgan fingerprint density at radius 1 is 1.27 bits per heavy atom. The van der Waals surface area contributed by atoms with Gasteiger partial charge in [0.25, 0.3) is 0 Å². The number of rotatable bonds is 8. The van der Waals surface area contributed by atoms with Crippen LogP contribution in [0.4, 0.5) is 0 Å². The van der Waals surface area contributed by atoms with Crippen molar-refractivity contribution in [2.75, 3.05) is 13.2 Å². The standard InChI is InChI=1S/C13H28NO/c1-6-7-9-14-15-10-8-12(2)11-13(3,4)5/h12H,6-11H2,1-5H3. The number of hydrogen-bond donors (Lipinski definition) is 0. The van der Waals surface area contributed by atoms with E-state index in [1.807, 2.05) is 0 Å². The van der Waals surface area contributed by atoms with E-state index >= 15 is 0 Å². The minimum absolute atomic E-state index is 0.429. The molecule has 0 aliphatic rings. The van der Waals surface area contributed by atoms with Crippen molar-refractivity contribution in [2.24, 2.45) is 11.3 Å². The maximum atomic E-state index is 5.25. The minimum Gasteiger partial charge on any atom is -0.282 e. The molecule has 1 atom stereocenters. The molecule has 0 aliphatic carbocycles. The third-order valence-electron chi connectivity index (χ3n) is 2.36. The van der Waals surface area contributed by atoms with Crippen molar-refractivity contribution < 1.29 is 4.84 Å². The topological polar surface area (TPSA) is 23.3 Å². The summed E-state index contributed by atoms with van der Waals surface area (Å²) < 4.78 is 0. The van der Waals surface area contributed by atoms with Crippen molar-refractivity contribution in [3.8, 4) is 0 Å². The number of hydroxylamine groups is 1. The van der Waals surface area contributed by atoms with Gasteiger partial charge in [-0.05, 0) is 30.6 Å². The zero-order chi connectivity index (χ0) is 11.7. The third-order valence-corrected chi connectivity index (χ3v) is 2.36. The summed E-state index contributed by atoms with van der Waals surface area (Å²) in [6.45, 7) is 13.0. The molecule has 1 unspecified atom stereocenters. The molecule has 15 heavy (non-hydrogen) atoms. The summed E-state index contributed by atoms with van der Waals surface area (Å²) in [7, 11) is 0. The molecule has 0 aromatic heterocycles. The Bertz CT molecular complexity index is 140. The Labute approximate surface area is 95.7 Å². The Morgan fingerprint density at radius 3 is 2.47 bits per heavy atom. The van der Waals surface area contributed by atoms with Gasteiger partial charge in [0.1, 0.15) is 0 Å². The zero-order valence-corrected chi connectivity index (χ0v) is 11.2. The van der Waals surface area contributed by atoms with Gasteiger partial charge in [0, 0.05) is 6.54 Å². The first-order chi connectivity index (χ1) is 6.95. The molecule has 0 saturated heterocycles. The second-order valence-corrected chi connectivity index (χ2v) is 5.70. The quantitative estimate of drug-likeness (QED) is 0.445. The van der Waals surface area contributed by atoms with Crippen LogP contribution in [0.1, 0.15) is 60.3 Å². The van der Waals surface area contributed by atoms with Gasteiger partial charge < -0.3 is 0 Å². The molecule has 0 fully saturated rings. The van der Waals surface area contributed by atoms with Crippen LogP contribution in [-0.2, 0) is 4.84 Å². The fraction of sp³-hybridized carbons (Fsp3) is 1.00. The van der Waals surface area contributed by atoms with Crippen LogP contribution in [0.3, 0.4) is 0 Å². The van der Waals surface area contributed by atoms with Crippen LogP contribution < -0.4 is 5.48 Å². The van der Waals surface area contributed by atoms with Gasteiger partial charge in [0.2, 0.25) is 0 Å². The van der Waals surface area contributed by atoms with Gasteiger partial charge in [-0.1, -0.05) is 46.5 Å². The third kappa shape index (κ3) is 11.8. The van der Waals surface area contributed by atoms with E-state index in [1.54, 1.807) is 0 Å². The molecule has 0 saturated carbocycles. The molecule has 0 aliphatic heterocycles. The van der Waals surface area contributed by atoms with Gasteiger partial charge in [-0.25, -0.2) is 0 Å². The molecule has 0 amide bonds. The first-order valence-corrected chi connectivity index (χ1v) is 6.24. The van der Waals surface area contributed by atoms with Gasteiger partial charge >= 0.3 is 0 Å². The fourth-order valence-corrected chi connectivity index (χ4v) is 1.75. The van der Waals surface area contributed by atoms with Crippen molar-refractivity contribution >= 4 is 0 Å². The predicted octanol–water partition coefficient (Wildman–Crippen LogP) is 3.78. The van der Waals surface area contributed by atoms with E-state index in [2.05, 4.69) is 40.1 Å². The van der Waals surface area contributed by atoms with Crippen LogP contribution in [0, 0.1) is 11.3 Å². The van der Waals surface area contributed by atoms with Crippen molar-refractivity contribution in [3.05, 3.63) is 0 Å². The summed E-state index contributed by atoms with van der Waals surface area (Å²) in [6, 6.07) is 0. The maximum absolute atomic E-state index is 5.25. The van der Waals surface area contributed by atoms with Crippen LogP contribution in [0.5, 0.6) is 0 Å². The van der Waals surface area contributed by atoms with Gasteiger partial charge in [0.05, 0.1) is 6.61 Å². The zero-order valence-electron chi connectivity index (χ0n) is 11.2. The molecule has 1 radical (unpaired) electrons. The van der Waals surface area contributed by atoms with Crippen LogP contribution in [-0.4, -0.2) is 13.2 Å². The summed E-state index contributed by atoms with van der Waals surface area (Å²) in [5, 5.41) is 0. The molecule has 0 spiro atoms. The monoisotopic (exact) mass is 214 g/mol. The van der Waals surface area contributed by atoms with Gasteiger partial charge in [-0.3, -0.25) is 4.84 Å². The lowest BCUT2D eigenvalue weighted by atomic mass is 9.84. The highest BCUT2D eigenvalue weighted by molar-refractivity contribution is 4.65.